The van der Waals surface area contributed by atoms with Crippen LogP contribution in [-0.4, -0.2) is 15.1 Å². The van der Waals surface area contributed by atoms with Gasteiger partial charge in [0.25, 0.3) is 0 Å². The molecule has 0 aliphatic rings. The number of benzene rings is 1. The van der Waals surface area contributed by atoms with Crippen molar-refractivity contribution in [1.82, 2.24) is 9.97 Å². The molecular weight excluding hydrogens is 204 g/mol. The maximum atomic E-state index is 9.43. The summed E-state index contributed by atoms with van der Waals surface area (Å²) in [7, 11) is 0. The SMILES string of the molecule is Cc1cc(O)cc(Oc2nccnc2C)c1. The number of nitrogens with zero attached hydrogens (tertiary/aromatic N) is 2. The van der Waals surface area contributed by atoms with E-state index in [1.807, 2.05) is 19.9 Å². The maximum absolute atomic E-state index is 9.43. The molecule has 0 aliphatic carbocycles. The molecule has 2 aromatic rings. The molecule has 0 amide bonds. The summed E-state index contributed by atoms with van der Waals surface area (Å²) in [5, 5.41) is 9.43. The Morgan fingerprint density at radius 3 is 2.50 bits per heavy atom. The van der Waals surface area contributed by atoms with Gasteiger partial charge in [-0.15, -0.1) is 0 Å². The van der Waals surface area contributed by atoms with Gasteiger partial charge < -0.3 is 9.84 Å². The highest BCUT2D eigenvalue weighted by Crippen LogP contribution is 2.26. The van der Waals surface area contributed by atoms with E-state index in [1.54, 1.807) is 24.5 Å². The Bertz CT molecular complexity index is 492. The molecule has 1 aromatic carbocycles. The number of hydrogen-bond acceptors (Lipinski definition) is 4. The van der Waals surface area contributed by atoms with E-state index in [1.165, 1.54) is 0 Å². The Kier molecular flexibility index (Phi) is 2.72. The van der Waals surface area contributed by atoms with Gasteiger partial charge in [0.1, 0.15) is 11.5 Å². The van der Waals surface area contributed by atoms with Gasteiger partial charge in [0.15, 0.2) is 0 Å². The van der Waals surface area contributed by atoms with E-state index in [-0.39, 0.29) is 5.75 Å². The van der Waals surface area contributed by atoms with Crippen LogP contribution < -0.4 is 4.74 Å². The molecule has 1 aromatic heterocycles. The second-order valence-corrected chi connectivity index (χ2v) is 3.55. The number of ether oxygens (including phenoxy) is 1. The molecule has 0 unspecified atom stereocenters. The fourth-order valence-electron chi connectivity index (χ4n) is 1.39. The lowest BCUT2D eigenvalue weighted by Gasteiger charge is -2.07. The van der Waals surface area contributed by atoms with E-state index in [2.05, 4.69) is 9.97 Å². The topological polar surface area (TPSA) is 55.2 Å². The smallest absolute Gasteiger partial charge is 0.240 e. The van der Waals surface area contributed by atoms with Crippen LogP contribution in [-0.2, 0) is 0 Å². The summed E-state index contributed by atoms with van der Waals surface area (Å²) in [5.74, 6) is 1.19. The van der Waals surface area contributed by atoms with Crippen LogP contribution in [0.1, 0.15) is 11.3 Å². The van der Waals surface area contributed by atoms with Crippen molar-refractivity contribution in [2.45, 2.75) is 13.8 Å². The van der Waals surface area contributed by atoms with Crippen LogP contribution in [0.5, 0.6) is 17.4 Å². The summed E-state index contributed by atoms with van der Waals surface area (Å²) >= 11 is 0. The number of hydrogen-bond donors (Lipinski definition) is 1. The van der Waals surface area contributed by atoms with Gasteiger partial charge in [-0.3, -0.25) is 4.98 Å². The van der Waals surface area contributed by atoms with E-state index in [0.717, 1.165) is 5.56 Å². The molecule has 82 valence electrons. The normalized spacial score (nSPS) is 10.1. The summed E-state index contributed by atoms with van der Waals surface area (Å²) in [5.41, 5.74) is 1.64. The van der Waals surface area contributed by atoms with Gasteiger partial charge in [0.05, 0.1) is 5.69 Å². The number of aromatic nitrogens is 2. The lowest BCUT2D eigenvalue weighted by Crippen LogP contribution is -1.93. The first-order valence-electron chi connectivity index (χ1n) is 4.91. The predicted molar refractivity (Wildman–Crippen MR) is 59.7 cm³/mol. The Morgan fingerprint density at radius 1 is 1.06 bits per heavy atom. The molecular formula is C12H12N2O2. The maximum Gasteiger partial charge on any atom is 0.240 e. The molecule has 0 saturated carbocycles. The minimum atomic E-state index is 0.177. The van der Waals surface area contributed by atoms with E-state index >= 15 is 0 Å². The van der Waals surface area contributed by atoms with Gasteiger partial charge >= 0.3 is 0 Å². The standard InChI is InChI=1S/C12H12N2O2/c1-8-5-10(15)7-11(6-8)16-12-9(2)13-3-4-14-12/h3-7,15H,1-2H3. The van der Waals surface area contributed by atoms with Crippen LogP contribution >= 0.6 is 0 Å². The van der Waals surface area contributed by atoms with Crippen LogP contribution in [0.4, 0.5) is 0 Å². The highest BCUT2D eigenvalue weighted by Gasteiger charge is 2.04. The molecule has 0 saturated heterocycles. The first kappa shape index (κ1) is 10.4. The molecule has 0 radical (unpaired) electrons. The van der Waals surface area contributed by atoms with Crippen LogP contribution in [0.15, 0.2) is 30.6 Å². The fraction of sp³-hybridized carbons (Fsp3) is 0.167. The number of aryl methyl sites for hydroxylation is 2. The van der Waals surface area contributed by atoms with Gasteiger partial charge in [0, 0.05) is 18.5 Å². The Labute approximate surface area is 93.6 Å². The molecule has 0 bridgehead atoms. The van der Waals surface area contributed by atoms with Crippen LogP contribution in [0.3, 0.4) is 0 Å². The number of phenolic OH excluding ortho intramolecular Hbond substituents is 1. The zero-order valence-corrected chi connectivity index (χ0v) is 9.14. The van der Waals surface area contributed by atoms with Crippen molar-refractivity contribution >= 4 is 0 Å². The van der Waals surface area contributed by atoms with Crippen molar-refractivity contribution < 1.29 is 9.84 Å². The van der Waals surface area contributed by atoms with Gasteiger partial charge in [-0.25, -0.2) is 4.98 Å². The van der Waals surface area contributed by atoms with Crippen molar-refractivity contribution in [3.63, 3.8) is 0 Å². The molecule has 2 rings (SSSR count). The molecule has 0 fully saturated rings. The highest BCUT2D eigenvalue weighted by atomic mass is 16.5. The lowest BCUT2D eigenvalue weighted by atomic mass is 10.2. The van der Waals surface area contributed by atoms with Gasteiger partial charge in [-0.1, -0.05) is 0 Å². The average molecular weight is 216 g/mol. The molecule has 1 N–H and O–H groups in total. The minimum absolute atomic E-state index is 0.177. The molecule has 0 aliphatic heterocycles. The van der Waals surface area contributed by atoms with Gasteiger partial charge in [-0.2, -0.15) is 0 Å². The molecule has 4 nitrogen and oxygen atoms in total. The Balaban J connectivity index is 2.30. The fourth-order valence-corrected chi connectivity index (χ4v) is 1.39. The van der Waals surface area contributed by atoms with Gasteiger partial charge in [-0.05, 0) is 31.5 Å². The number of rotatable bonds is 2. The third-order valence-corrected chi connectivity index (χ3v) is 2.09. The molecule has 4 heteroatoms. The molecule has 0 atom stereocenters. The third-order valence-electron chi connectivity index (χ3n) is 2.09. The van der Waals surface area contributed by atoms with Crippen molar-refractivity contribution in [2.75, 3.05) is 0 Å². The summed E-state index contributed by atoms with van der Waals surface area (Å²) < 4.78 is 5.54. The van der Waals surface area contributed by atoms with Crippen molar-refractivity contribution in [1.29, 1.82) is 0 Å². The Morgan fingerprint density at radius 2 is 1.81 bits per heavy atom. The minimum Gasteiger partial charge on any atom is -0.508 e. The van der Waals surface area contributed by atoms with E-state index < -0.39 is 0 Å². The second-order valence-electron chi connectivity index (χ2n) is 3.55. The summed E-state index contributed by atoms with van der Waals surface area (Å²) in [6.45, 7) is 3.70. The lowest BCUT2D eigenvalue weighted by molar-refractivity contribution is 0.440. The zero-order valence-electron chi connectivity index (χ0n) is 9.14. The molecule has 16 heavy (non-hydrogen) atoms. The largest absolute Gasteiger partial charge is 0.508 e. The Hall–Kier alpha value is -2.10. The van der Waals surface area contributed by atoms with E-state index in [4.69, 9.17) is 4.74 Å². The van der Waals surface area contributed by atoms with Crippen molar-refractivity contribution in [3.05, 3.63) is 41.9 Å². The highest BCUT2D eigenvalue weighted by molar-refractivity contribution is 5.39. The van der Waals surface area contributed by atoms with E-state index in [0.29, 0.717) is 17.3 Å². The van der Waals surface area contributed by atoms with Crippen molar-refractivity contribution in [3.8, 4) is 17.4 Å². The number of aromatic hydroxyl groups is 1. The van der Waals surface area contributed by atoms with Crippen molar-refractivity contribution in [2.24, 2.45) is 0 Å². The first-order valence-corrected chi connectivity index (χ1v) is 4.91. The van der Waals surface area contributed by atoms with Gasteiger partial charge in [0.2, 0.25) is 5.88 Å². The van der Waals surface area contributed by atoms with Crippen LogP contribution in [0, 0.1) is 13.8 Å². The first-order chi connectivity index (χ1) is 7.65. The summed E-state index contributed by atoms with van der Waals surface area (Å²) in [6, 6.07) is 5.03. The average Bonchev–Trinajstić information content (AvgIpc) is 2.20. The monoisotopic (exact) mass is 216 g/mol. The zero-order chi connectivity index (χ0) is 11.5. The number of phenols is 1. The van der Waals surface area contributed by atoms with Crippen LogP contribution in [0.25, 0.3) is 0 Å². The predicted octanol–water partition coefficient (Wildman–Crippen LogP) is 2.59. The summed E-state index contributed by atoms with van der Waals surface area (Å²) in [6.07, 6.45) is 3.17. The van der Waals surface area contributed by atoms with E-state index in [9.17, 15) is 5.11 Å². The van der Waals surface area contributed by atoms with Crippen LogP contribution in [0.2, 0.25) is 0 Å². The third kappa shape index (κ3) is 2.28. The molecule has 0 spiro atoms. The molecule has 1 heterocycles. The summed E-state index contributed by atoms with van der Waals surface area (Å²) in [4.78, 5) is 8.14. The quantitative estimate of drug-likeness (QED) is 0.838. The second kappa shape index (κ2) is 4.18.